The Morgan fingerprint density at radius 2 is 1.50 bits per heavy atom. The summed E-state index contributed by atoms with van der Waals surface area (Å²) in [7, 11) is 0. The van der Waals surface area contributed by atoms with Crippen LogP contribution in [-0.4, -0.2) is 23.5 Å². The second kappa shape index (κ2) is 13.6. The van der Waals surface area contributed by atoms with Gasteiger partial charge in [-0.15, -0.1) is 11.8 Å². The number of aryl methyl sites for hydroxylation is 2. The minimum Gasteiger partial charge on any atom is -0.325 e. The monoisotopic (exact) mass is 569 g/mol. The van der Waals surface area contributed by atoms with E-state index < -0.39 is 11.8 Å². The van der Waals surface area contributed by atoms with E-state index in [0.29, 0.717) is 21.8 Å². The smallest absolute Gasteiger partial charge is 0.272 e. The van der Waals surface area contributed by atoms with E-state index in [0.717, 1.165) is 21.7 Å². The van der Waals surface area contributed by atoms with Gasteiger partial charge < -0.3 is 16.0 Å². The first-order chi connectivity index (χ1) is 19.3. The van der Waals surface area contributed by atoms with Crippen LogP contribution in [-0.2, 0) is 9.59 Å². The fourth-order valence-corrected chi connectivity index (χ4v) is 4.58. The number of hydrogen-bond donors (Lipinski definition) is 3. The van der Waals surface area contributed by atoms with Gasteiger partial charge in [0.15, 0.2) is 0 Å². The summed E-state index contributed by atoms with van der Waals surface area (Å²) in [6.07, 6.45) is 1.59. The van der Waals surface area contributed by atoms with Gasteiger partial charge in [-0.1, -0.05) is 54.1 Å². The van der Waals surface area contributed by atoms with Crippen LogP contribution in [0.25, 0.3) is 6.08 Å². The Kier molecular flexibility index (Phi) is 9.78. The van der Waals surface area contributed by atoms with E-state index in [1.54, 1.807) is 72.8 Å². The van der Waals surface area contributed by atoms with Gasteiger partial charge >= 0.3 is 0 Å². The quantitative estimate of drug-likeness (QED) is 0.148. The largest absolute Gasteiger partial charge is 0.325 e. The van der Waals surface area contributed by atoms with Crippen molar-refractivity contribution >= 4 is 58.5 Å². The molecule has 4 aromatic carbocycles. The van der Waals surface area contributed by atoms with Crippen LogP contribution in [0.4, 0.5) is 11.4 Å². The Bertz CT molecular complexity index is 1550. The second-order valence-electron chi connectivity index (χ2n) is 9.05. The molecule has 4 rings (SSSR count). The van der Waals surface area contributed by atoms with Gasteiger partial charge in [0.05, 0.1) is 5.75 Å². The molecule has 0 aliphatic heterocycles. The Hall–Kier alpha value is -4.33. The second-order valence-corrected chi connectivity index (χ2v) is 10.5. The highest BCUT2D eigenvalue weighted by Gasteiger charge is 2.15. The van der Waals surface area contributed by atoms with Crippen molar-refractivity contribution in [3.8, 4) is 0 Å². The molecule has 0 heterocycles. The van der Waals surface area contributed by atoms with Crippen molar-refractivity contribution in [3.05, 3.63) is 130 Å². The highest BCUT2D eigenvalue weighted by molar-refractivity contribution is 8.00. The van der Waals surface area contributed by atoms with E-state index in [-0.39, 0.29) is 17.4 Å². The minimum atomic E-state index is -0.492. The number of anilines is 2. The fourth-order valence-electron chi connectivity index (χ4n) is 3.70. The summed E-state index contributed by atoms with van der Waals surface area (Å²) >= 11 is 7.35. The molecule has 3 amide bonds. The molecule has 0 atom stereocenters. The zero-order chi connectivity index (χ0) is 28.5. The molecule has 6 nitrogen and oxygen atoms in total. The number of rotatable bonds is 9. The average Bonchev–Trinajstić information content (AvgIpc) is 2.95. The third kappa shape index (κ3) is 8.33. The molecule has 0 fully saturated rings. The van der Waals surface area contributed by atoms with Crippen LogP contribution in [0.15, 0.2) is 108 Å². The predicted octanol–water partition coefficient (Wildman–Crippen LogP) is 7.10. The molecule has 4 aromatic rings. The topological polar surface area (TPSA) is 87.3 Å². The zero-order valence-corrected chi connectivity index (χ0v) is 23.6. The number of thioether (sulfide) groups is 1. The summed E-state index contributed by atoms with van der Waals surface area (Å²) in [5.74, 6) is -0.817. The van der Waals surface area contributed by atoms with Crippen LogP contribution in [0.1, 0.15) is 27.0 Å². The lowest BCUT2D eigenvalue weighted by molar-refractivity contribution is -0.114. The maximum absolute atomic E-state index is 13.3. The van der Waals surface area contributed by atoms with Crippen molar-refractivity contribution in [1.29, 1.82) is 0 Å². The van der Waals surface area contributed by atoms with Gasteiger partial charge in [0, 0.05) is 26.9 Å². The van der Waals surface area contributed by atoms with Crippen molar-refractivity contribution in [1.82, 2.24) is 5.32 Å². The summed E-state index contributed by atoms with van der Waals surface area (Å²) in [4.78, 5) is 39.4. The zero-order valence-electron chi connectivity index (χ0n) is 22.0. The van der Waals surface area contributed by atoms with Gasteiger partial charge in [0.1, 0.15) is 5.70 Å². The van der Waals surface area contributed by atoms with Crippen LogP contribution in [0, 0.1) is 13.8 Å². The number of hydrogen-bond acceptors (Lipinski definition) is 4. The van der Waals surface area contributed by atoms with Gasteiger partial charge in [-0.2, -0.15) is 0 Å². The lowest BCUT2D eigenvalue weighted by atomic mass is 10.1. The molecule has 8 heteroatoms. The van der Waals surface area contributed by atoms with Gasteiger partial charge in [-0.3, -0.25) is 14.4 Å². The van der Waals surface area contributed by atoms with Crippen LogP contribution < -0.4 is 16.0 Å². The Balaban J connectivity index is 1.44. The number of amides is 3. The van der Waals surface area contributed by atoms with Crippen LogP contribution >= 0.6 is 23.4 Å². The SMILES string of the molecule is Cc1ccc(NC(=O)CSc2cccc(NC(=O)/C(=C/c3ccc(Cl)cc3)NC(=O)c3ccccc3)c2)cc1C. The highest BCUT2D eigenvalue weighted by atomic mass is 35.5. The Morgan fingerprint density at radius 1 is 0.775 bits per heavy atom. The van der Waals surface area contributed by atoms with E-state index in [2.05, 4.69) is 16.0 Å². The van der Waals surface area contributed by atoms with Crippen molar-refractivity contribution in [2.24, 2.45) is 0 Å². The standard InChI is InChI=1S/C32H28ClN3O3S/c1-21-11-16-27(17-22(21)2)34-30(37)20-40-28-10-6-9-26(19-28)35-32(39)29(18-23-12-14-25(33)15-13-23)36-31(38)24-7-4-3-5-8-24/h3-19H,20H2,1-2H3,(H,34,37)(H,35,39)(H,36,38)/b29-18-. The molecule has 0 unspecified atom stereocenters. The van der Waals surface area contributed by atoms with E-state index in [4.69, 9.17) is 11.6 Å². The fraction of sp³-hybridized carbons (Fsp3) is 0.0938. The van der Waals surface area contributed by atoms with E-state index in [1.807, 2.05) is 44.2 Å². The number of benzene rings is 4. The van der Waals surface area contributed by atoms with E-state index in [1.165, 1.54) is 11.8 Å². The van der Waals surface area contributed by atoms with Gasteiger partial charge in [0.2, 0.25) is 5.91 Å². The molecule has 0 spiro atoms. The lowest BCUT2D eigenvalue weighted by Crippen LogP contribution is -2.30. The van der Waals surface area contributed by atoms with Crippen molar-refractivity contribution in [2.75, 3.05) is 16.4 Å². The number of nitrogens with one attached hydrogen (secondary N) is 3. The van der Waals surface area contributed by atoms with E-state index in [9.17, 15) is 14.4 Å². The van der Waals surface area contributed by atoms with Crippen molar-refractivity contribution in [3.63, 3.8) is 0 Å². The summed E-state index contributed by atoms with van der Waals surface area (Å²) in [6.45, 7) is 4.03. The first-order valence-corrected chi connectivity index (χ1v) is 13.9. The maximum Gasteiger partial charge on any atom is 0.272 e. The molecule has 0 aliphatic rings. The van der Waals surface area contributed by atoms with Crippen LogP contribution in [0.2, 0.25) is 5.02 Å². The number of halogens is 1. The molecular formula is C32H28ClN3O3S. The number of carbonyl (C=O) groups excluding carboxylic acids is 3. The third-order valence-electron chi connectivity index (χ3n) is 5.96. The van der Waals surface area contributed by atoms with Crippen LogP contribution in [0.5, 0.6) is 0 Å². The van der Waals surface area contributed by atoms with Gasteiger partial charge in [-0.25, -0.2) is 0 Å². The molecule has 0 radical (unpaired) electrons. The summed E-state index contributed by atoms with van der Waals surface area (Å²) in [6, 6.07) is 28.6. The summed E-state index contributed by atoms with van der Waals surface area (Å²) in [5, 5.41) is 9.05. The molecule has 0 bridgehead atoms. The highest BCUT2D eigenvalue weighted by Crippen LogP contribution is 2.23. The van der Waals surface area contributed by atoms with Crippen LogP contribution in [0.3, 0.4) is 0 Å². The molecular weight excluding hydrogens is 542 g/mol. The normalized spacial score (nSPS) is 11.0. The lowest BCUT2D eigenvalue weighted by Gasteiger charge is -2.12. The maximum atomic E-state index is 13.3. The first kappa shape index (κ1) is 28.7. The molecule has 0 aliphatic carbocycles. The minimum absolute atomic E-state index is 0.0713. The van der Waals surface area contributed by atoms with Crippen molar-refractivity contribution < 1.29 is 14.4 Å². The molecule has 3 N–H and O–H groups in total. The molecule has 0 aromatic heterocycles. The Morgan fingerprint density at radius 3 is 2.23 bits per heavy atom. The first-order valence-electron chi connectivity index (χ1n) is 12.5. The van der Waals surface area contributed by atoms with Crippen molar-refractivity contribution in [2.45, 2.75) is 18.7 Å². The molecule has 202 valence electrons. The van der Waals surface area contributed by atoms with E-state index >= 15 is 0 Å². The summed E-state index contributed by atoms with van der Waals surface area (Å²) in [5.41, 5.74) is 4.75. The average molecular weight is 570 g/mol. The van der Waals surface area contributed by atoms with Gasteiger partial charge in [-0.05, 0) is 91.2 Å². The van der Waals surface area contributed by atoms with Gasteiger partial charge in [0.25, 0.3) is 11.8 Å². The molecule has 0 saturated heterocycles. The Labute approximate surface area is 242 Å². The predicted molar refractivity (Wildman–Crippen MR) is 164 cm³/mol. The third-order valence-corrected chi connectivity index (χ3v) is 7.21. The summed E-state index contributed by atoms with van der Waals surface area (Å²) < 4.78 is 0. The number of carbonyl (C=O) groups is 3. The molecule has 0 saturated carbocycles. The molecule has 40 heavy (non-hydrogen) atoms.